The Bertz CT molecular complexity index is 1270. The molecule has 2 saturated heterocycles. The number of fused-ring (bicyclic) bond motifs is 1. The van der Waals surface area contributed by atoms with E-state index in [9.17, 15) is 0 Å². The van der Waals surface area contributed by atoms with Gasteiger partial charge in [-0.05, 0) is 49.4 Å². The average Bonchev–Trinajstić information content (AvgIpc) is 3.42. The molecular formula is C31H39N7O. The summed E-state index contributed by atoms with van der Waals surface area (Å²) >= 11 is 0. The molecule has 8 heteroatoms. The minimum absolute atomic E-state index is 0.697. The minimum atomic E-state index is 0.697. The number of benzene rings is 1. The van der Waals surface area contributed by atoms with Crippen molar-refractivity contribution in [2.45, 2.75) is 26.2 Å². The molecule has 0 amide bonds. The van der Waals surface area contributed by atoms with E-state index < -0.39 is 0 Å². The molecule has 3 aliphatic rings. The highest BCUT2D eigenvalue weighted by Gasteiger charge is 2.29. The number of morpholine rings is 1. The number of pyridine rings is 1. The van der Waals surface area contributed by atoms with Gasteiger partial charge in [-0.1, -0.05) is 37.8 Å². The zero-order valence-corrected chi connectivity index (χ0v) is 23.0. The molecule has 1 unspecified atom stereocenters. The van der Waals surface area contributed by atoms with Crippen molar-refractivity contribution in [1.82, 2.24) is 25.2 Å². The summed E-state index contributed by atoms with van der Waals surface area (Å²) in [5.74, 6) is 2.56. The number of anilines is 3. The zero-order chi connectivity index (χ0) is 26.6. The molecule has 5 heterocycles. The van der Waals surface area contributed by atoms with Crippen molar-refractivity contribution in [3.05, 3.63) is 66.5 Å². The van der Waals surface area contributed by atoms with Crippen molar-refractivity contribution < 1.29 is 4.74 Å². The maximum absolute atomic E-state index is 5.59. The maximum atomic E-state index is 5.59. The lowest BCUT2D eigenvalue weighted by atomic mass is 10.0. The van der Waals surface area contributed by atoms with E-state index in [4.69, 9.17) is 14.7 Å². The van der Waals surface area contributed by atoms with E-state index in [0.29, 0.717) is 13.2 Å². The predicted octanol–water partition coefficient (Wildman–Crippen LogP) is 4.36. The number of hydrogen-bond acceptors (Lipinski definition) is 8. The summed E-state index contributed by atoms with van der Waals surface area (Å²) in [7, 11) is 0. The molecule has 3 aliphatic heterocycles. The number of nitrogens with one attached hydrogen (secondary N) is 1. The zero-order valence-electron chi connectivity index (χ0n) is 23.0. The summed E-state index contributed by atoms with van der Waals surface area (Å²) in [5, 5.41) is 3.55. The smallest absolute Gasteiger partial charge is 0.228 e. The Morgan fingerprint density at radius 3 is 2.69 bits per heavy atom. The minimum Gasteiger partial charge on any atom is -0.384 e. The first kappa shape index (κ1) is 25.8. The molecule has 0 bridgehead atoms. The molecule has 0 aliphatic carbocycles. The van der Waals surface area contributed by atoms with E-state index in [1.54, 1.807) is 0 Å². The normalized spacial score (nSPS) is 19.7. The molecule has 2 fully saturated rings. The van der Waals surface area contributed by atoms with Gasteiger partial charge in [0, 0.05) is 62.3 Å². The molecule has 2 aromatic heterocycles. The highest BCUT2D eigenvalue weighted by molar-refractivity contribution is 5.77. The summed E-state index contributed by atoms with van der Waals surface area (Å²) in [6.45, 7) is 14.9. The molecule has 8 nitrogen and oxygen atoms in total. The van der Waals surface area contributed by atoms with E-state index in [1.807, 2.05) is 18.5 Å². The second-order valence-electron chi connectivity index (χ2n) is 10.9. The van der Waals surface area contributed by atoms with E-state index in [1.165, 1.54) is 31.5 Å². The SMILES string of the molecule is C=C(NCCN1CCCC(C)C1)c1ccc(-c2nc(N3CCOCC3)nc3c2CCN3c2cccnc2)cc1. The van der Waals surface area contributed by atoms with Crippen LogP contribution in [0.15, 0.2) is 55.4 Å². The fourth-order valence-electron chi connectivity index (χ4n) is 5.94. The van der Waals surface area contributed by atoms with Gasteiger partial charge < -0.3 is 24.8 Å². The van der Waals surface area contributed by atoms with Crippen LogP contribution in [0.3, 0.4) is 0 Å². The third-order valence-corrected chi connectivity index (χ3v) is 8.08. The van der Waals surface area contributed by atoms with E-state index in [2.05, 4.69) is 68.8 Å². The van der Waals surface area contributed by atoms with Crippen molar-refractivity contribution in [2.24, 2.45) is 5.92 Å². The van der Waals surface area contributed by atoms with Crippen molar-refractivity contribution in [1.29, 1.82) is 0 Å². The molecule has 0 saturated carbocycles. The van der Waals surface area contributed by atoms with Crippen LogP contribution in [-0.2, 0) is 11.2 Å². The lowest BCUT2D eigenvalue weighted by molar-refractivity contribution is 0.122. The summed E-state index contributed by atoms with van der Waals surface area (Å²) in [4.78, 5) is 21.6. The molecule has 0 spiro atoms. The van der Waals surface area contributed by atoms with Gasteiger partial charge in [0.2, 0.25) is 5.95 Å². The molecule has 1 atom stereocenters. The van der Waals surface area contributed by atoms with Crippen LogP contribution in [0.4, 0.5) is 17.5 Å². The summed E-state index contributed by atoms with van der Waals surface area (Å²) in [5.41, 5.74) is 6.45. The van der Waals surface area contributed by atoms with Crippen molar-refractivity contribution in [2.75, 3.05) is 68.8 Å². The Hall–Kier alpha value is -3.49. The number of likely N-dealkylation sites (tertiary alicyclic amines) is 1. The third-order valence-electron chi connectivity index (χ3n) is 8.08. The molecule has 6 rings (SSSR count). The molecule has 0 radical (unpaired) electrons. The van der Waals surface area contributed by atoms with E-state index in [-0.39, 0.29) is 0 Å². The molecule has 1 aromatic carbocycles. The van der Waals surface area contributed by atoms with Gasteiger partial charge in [0.25, 0.3) is 0 Å². The molecule has 204 valence electrons. The third kappa shape index (κ3) is 5.77. The second-order valence-corrected chi connectivity index (χ2v) is 10.9. The maximum Gasteiger partial charge on any atom is 0.228 e. The van der Waals surface area contributed by atoms with E-state index >= 15 is 0 Å². The monoisotopic (exact) mass is 525 g/mol. The number of hydrogen-bond donors (Lipinski definition) is 1. The lowest BCUT2D eigenvalue weighted by Crippen LogP contribution is -2.38. The summed E-state index contributed by atoms with van der Waals surface area (Å²) in [6, 6.07) is 12.7. The van der Waals surface area contributed by atoms with Gasteiger partial charge in [-0.3, -0.25) is 4.98 Å². The van der Waals surface area contributed by atoms with Crippen LogP contribution in [0.5, 0.6) is 0 Å². The Balaban J connectivity index is 1.22. The quantitative estimate of drug-likeness (QED) is 0.465. The number of piperidine rings is 1. The van der Waals surface area contributed by atoms with Crippen molar-refractivity contribution in [3.8, 4) is 11.3 Å². The van der Waals surface area contributed by atoms with Crippen molar-refractivity contribution in [3.63, 3.8) is 0 Å². The Labute approximate surface area is 231 Å². The van der Waals surface area contributed by atoms with Gasteiger partial charge in [-0.15, -0.1) is 0 Å². The molecule has 3 aromatic rings. The highest BCUT2D eigenvalue weighted by atomic mass is 16.5. The van der Waals surface area contributed by atoms with Crippen molar-refractivity contribution >= 4 is 23.2 Å². The predicted molar refractivity (Wildman–Crippen MR) is 157 cm³/mol. The topological polar surface area (TPSA) is 69.7 Å². The van der Waals surface area contributed by atoms with Gasteiger partial charge >= 0.3 is 0 Å². The van der Waals surface area contributed by atoms with Gasteiger partial charge in [0.1, 0.15) is 5.82 Å². The van der Waals surface area contributed by atoms with Gasteiger partial charge in [0.05, 0.1) is 30.8 Å². The van der Waals surface area contributed by atoms with Crippen LogP contribution < -0.4 is 15.1 Å². The fourth-order valence-corrected chi connectivity index (χ4v) is 5.94. The largest absolute Gasteiger partial charge is 0.384 e. The lowest BCUT2D eigenvalue weighted by Gasteiger charge is -2.31. The number of ether oxygens (including phenoxy) is 1. The van der Waals surface area contributed by atoms with Gasteiger partial charge in [-0.25, -0.2) is 4.98 Å². The summed E-state index contributed by atoms with van der Waals surface area (Å²) in [6.07, 6.45) is 7.28. The molecule has 39 heavy (non-hydrogen) atoms. The number of aromatic nitrogens is 3. The molecule has 1 N–H and O–H groups in total. The first-order valence-electron chi connectivity index (χ1n) is 14.3. The van der Waals surface area contributed by atoms with Crippen LogP contribution in [0.1, 0.15) is 30.9 Å². The average molecular weight is 526 g/mol. The van der Waals surface area contributed by atoms with Gasteiger partial charge in [-0.2, -0.15) is 4.98 Å². The van der Waals surface area contributed by atoms with Gasteiger partial charge in [0.15, 0.2) is 0 Å². The van der Waals surface area contributed by atoms with Crippen LogP contribution in [-0.4, -0.2) is 78.9 Å². The standard InChI is InChI=1S/C31H39N7O/c1-23-5-4-14-36(22-23)16-13-33-24(2)25-7-9-26(10-8-25)29-28-11-15-38(27-6-3-12-32-21-27)30(28)35-31(34-29)37-17-19-39-20-18-37/h3,6-10,12,21,23,33H,2,4-5,11,13-20,22H2,1H3. The van der Waals surface area contributed by atoms with Crippen LogP contribution in [0, 0.1) is 5.92 Å². The first-order chi connectivity index (χ1) is 19.2. The Kier molecular flexibility index (Phi) is 7.74. The summed E-state index contributed by atoms with van der Waals surface area (Å²) < 4.78 is 5.59. The van der Waals surface area contributed by atoms with Crippen LogP contribution in [0.2, 0.25) is 0 Å². The highest BCUT2D eigenvalue weighted by Crippen LogP contribution is 2.39. The van der Waals surface area contributed by atoms with E-state index in [0.717, 1.165) is 85.0 Å². The number of rotatable bonds is 8. The number of nitrogens with zero attached hydrogens (tertiary/aromatic N) is 6. The Morgan fingerprint density at radius 2 is 1.92 bits per heavy atom. The van der Waals surface area contributed by atoms with Crippen LogP contribution in [0.25, 0.3) is 17.0 Å². The van der Waals surface area contributed by atoms with Crippen LogP contribution >= 0.6 is 0 Å². The first-order valence-corrected chi connectivity index (χ1v) is 14.3. The fraction of sp³-hybridized carbons (Fsp3) is 0.452. The second kappa shape index (κ2) is 11.7. The molecular weight excluding hydrogens is 486 g/mol. The Morgan fingerprint density at radius 1 is 1.08 bits per heavy atom.